The molecular formula is C9H9NO5. The topological polar surface area (TPSA) is 85.6 Å². The minimum absolute atomic E-state index is 0.295. The van der Waals surface area contributed by atoms with E-state index in [1.165, 1.54) is 25.4 Å². The normalized spacial score (nSPS) is 9.67. The summed E-state index contributed by atoms with van der Waals surface area (Å²) in [4.78, 5) is 32.9. The number of aromatic carboxylic acids is 1. The van der Waals surface area contributed by atoms with Crippen LogP contribution >= 0.6 is 0 Å². The molecule has 0 fully saturated rings. The lowest BCUT2D eigenvalue weighted by Crippen LogP contribution is -2.28. The molecule has 15 heavy (non-hydrogen) atoms. The smallest absolute Gasteiger partial charge is 0.341 e. The fraction of sp³-hybridized carbons (Fsp3) is 0.222. The van der Waals surface area contributed by atoms with Crippen LogP contribution in [0, 0.1) is 0 Å². The number of nitrogens with zero attached hydrogens (tertiary/aromatic N) is 1. The second kappa shape index (κ2) is 4.41. The van der Waals surface area contributed by atoms with Crippen LogP contribution in [0.2, 0.25) is 0 Å². The molecule has 6 nitrogen and oxygen atoms in total. The number of esters is 1. The molecule has 0 unspecified atom stereocenters. The molecule has 0 bridgehead atoms. The number of carboxylic acid groups (broad SMARTS) is 1. The van der Waals surface area contributed by atoms with E-state index in [9.17, 15) is 14.4 Å². The van der Waals surface area contributed by atoms with Gasteiger partial charge in [0.25, 0.3) is 5.56 Å². The molecule has 0 atom stereocenters. The minimum atomic E-state index is -1.32. The molecule has 0 spiro atoms. The van der Waals surface area contributed by atoms with E-state index in [0.29, 0.717) is 0 Å². The Kier molecular flexibility index (Phi) is 3.22. The van der Waals surface area contributed by atoms with Gasteiger partial charge >= 0.3 is 11.9 Å². The van der Waals surface area contributed by atoms with Crippen molar-refractivity contribution in [3.05, 3.63) is 34.2 Å². The highest BCUT2D eigenvalue weighted by molar-refractivity contribution is 5.87. The van der Waals surface area contributed by atoms with E-state index in [1.807, 2.05) is 0 Å². The Bertz CT molecular complexity index is 448. The molecule has 1 aromatic heterocycles. The molecule has 80 valence electrons. The van der Waals surface area contributed by atoms with E-state index in [1.54, 1.807) is 0 Å². The van der Waals surface area contributed by atoms with Gasteiger partial charge in [-0.1, -0.05) is 0 Å². The number of aromatic nitrogens is 1. The molecule has 0 saturated carbocycles. The van der Waals surface area contributed by atoms with Crippen molar-refractivity contribution >= 4 is 11.9 Å². The van der Waals surface area contributed by atoms with E-state index in [2.05, 4.69) is 4.74 Å². The molecule has 0 amide bonds. The largest absolute Gasteiger partial charge is 0.477 e. The molecular weight excluding hydrogens is 202 g/mol. The predicted molar refractivity (Wildman–Crippen MR) is 49.7 cm³/mol. The van der Waals surface area contributed by atoms with Crippen LogP contribution in [0.25, 0.3) is 0 Å². The number of methoxy groups -OCH3 is 1. The second-order valence-corrected chi connectivity index (χ2v) is 2.74. The van der Waals surface area contributed by atoms with Crippen LogP contribution in [0.1, 0.15) is 10.4 Å². The van der Waals surface area contributed by atoms with E-state index >= 15 is 0 Å². The highest BCUT2D eigenvalue weighted by atomic mass is 16.5. The fourth-order valence-corrected chi connectivity index (χ4v) is 1.03. The zero-order chi connectivity index (χ0) is 11.4. The lowest BCUT2D eigenvalue weighted by molar-refractivity contribution is -0.141. The van der Waals surface area contributed by atoms with Crippen LogP contribution in [0.5, 0.6) is 0 Å². The molecule has 0 aromatic carbocycles. The van der Waals surface area contributed by atoms with Crippen molar-refractivity contribution in [2.75, 3.05) is 7.11 Å². The molecule has 0 aliphatic rings. The fourth-order valence-electron chi connectivity index (χ4n) is 1.03. The minimum Gasteiger partial charge on any atom is -0.477 e. The quantitative estimate of drug-likeness (QED) is 0.695. The van der Waals surface area contributed by atoms with Crippen LogP contribution in [0.3, 0.4) is 0 Å². The van der Waals surface area contributed by atoms with Crippen molar-refractivity contribution in [2.24, 2.45) is 0 Å². The van der Waals surface area contributed by atoms with Crippen LogP contribution in [-0.2, 0) is 16.1 Å². The summed E-state index contributed by atoms with van der Waals surface area (Å²) in [5, 5.41) is 8.65. The van der Waals surface area contributed by atoms with Gasteiger partial charge in [-0.3, -0.25) is 9.59 Å². The maximum absolute atomic E-state index is 11.4. The summed E-state index contributed by atoms with van der Waals surface area (Å²) < 4.78 is 5.34. The van der Waals surface area contributed by atoms with Gasteiger partial charge in [0.15, 0.2) is 0 Å². The third-order valence-electron chi connectivity index (χ3n) is 1.78. The average Bonchev–Trinajstić information content (AvgIpc) is 2.20. The Morgan fingerprint density at radius 1 is 1.53 bits per heavy atom. The maximum Gasteiger partial charge on any atom is 0.341 e. The van der Waals surface area contributed by atoms with E-state index in [0.717, 1.165) is 4.57 Å². The van der Waals surface area contributed by atoms with Gasteiger partial charge in [0.1, 0.15) is 12.1 Å². The maximum atomic E-state index is 11.4. The summed E-state index contributed by atoms with van der Waals surface area (Å²) in [5.74, 6) is -1.93. The van der Waals surface area contributed by atoms with Crippen LogP contribution < -0.4 is 5.56 Å². The van der Waals surface area contributed by atoms with Crippen LogP contribution in [0.15, 0.2) is 23.1 Å². The number of carbonyl (C=O) groups excluding carboxylic acids is 1. The van der Waals surface area contributed by atoms with E-state index in [4.69, 9.17) is 5.11 Å². The highest BCUT2D eigenvalue weighted by Crippen LogP contribution is 1.92. The Morgan fingerprint density at radius 3 is 2.73 bits per heavy atom. The SMILES string of the molecule is COC(=O)Cn1cccc(C(=O)O)c1=O. The first kappa shape index (κ1) is 11.0. The van der Waals surface area contributed by atoms with Crippen molar-refractivity contribution in [3.8, 4) is 0 Å². The van der Waals surface area contributed by atoms with Crippen molar-refractivity contribution in [2.45, 2.75) is 6.54 Å². The first-order valence-corrected chi connectivity index (χ1v) is 4.06. The summed E-state index contributed by atoms with van der Waals surface area (Å²) >= 11 is 0. The molecule has 0 saturated heterocycles. The van der Waals surface area contributed by atoms with Crippen molar-refractivity contribution < 1.29 is 19.4 Å². The van der Waals surface area contributed by atoms with Gasteiger partial charge in [-0.2, -0.15) is 0 Å². The molecule has 0 aliphatic heterocycles. The summed E-state index contributed by atoms with van der Waals surface area (Å²) in [6, 6.07) is 2.56. The van der Waals surface area contributed by atoms with Gasteiger partial charge in [0, 0.05) is 6.20 Å². The number of hydrogen-bond donors (Lipinski definition) is 1. The zero-order valence-electron chi connectivity index (χ0n) is 7.97. The van der Waals surface area contributed by atoms with Crippen molar-refractivity contribution in [1.29, 1.82) is 0 Å². The third kappa shape index (κ3) is 2.43. The first-order chi connectivity index (χ1) is 7.06. The van der Waals surface area contributed by atoms with Crippen LogP contribution in [-0.4, -0.2) is 28.7 Å². The average molecular weight is 211 g/mol. The van der Waals surface area contributed by atoms with Gasteiger partial charge < -0.3 is 14.4 Å². The molecule has 1 rings (SSSR count). The number of rotatable bonds is 3. The number of ether oxygens (including phenoxy) is 1. The van der Waals surface area contributed by atoms with Gasteiger partial charge in [0.05, 0.1) is 7.11 Å². The lowest BCUT2D eigenvalue weighted by atomic mass is 10.3. The van der Waals surface area contributed by atoms with Crippen molar-refractivity contribution in [3.63, 3.8) is 0 Å². The molecule has 1 heterocycles. The first-order valence-electron chi connectivity index (χ1n) is 4.06. The van der Waals surface area contributed by atoms with Gasteiger partial charge in [0.2, 0.25) is 0 Å². The molecule has 6 heteroatoms. The number of carboxylic acids is 1. The Labute approximate surface area is 84.7 Å². The monoisotopic (exact) mass is 211 g/mol. The predicted octanol–water partition coefficient (Wildman–Crippen LogP) is -0.280. The lowest BCUT2D eigenvalue weighted by Gasteiger charge is -2.04. The third-order valence-corrected chi connectivity index (χ3v) is 1.78. The van der Waals surface area contributed by atoms with Gasteiger partial charge in [-0.05, 0) is 12.1 Å². The van der Waals surface area contributed by atoms with Crippen molar-refractivity contribution in [1.82, 2.24) is 4.57 Å². The number of pyridine rings is 1. The van der Waals surface area contributed by atoms with E-state index < -0.39 is 17.5 Å². The van der Waals surface area contributed by atoms with Gasteiger partial charge in [-0.25, -0.2) is 4.79 Å². The number of hydrogen-bond acceptors (Lipinski definition) is 4. The summed E-state index contributed by atoms with van der Waals surface area (Å²) in [5.41, 5.74) is -1.10. The van der Waals surface area contributed by atoms with Gasteiger partial charge in [-0.15, -0.1) is 0 Å². The van der Waals surface area contributed by atoms with Crippen LogP contribution in [0.4, 0.5) is 0 Å². The second-order valence-electron chi connectivity index (χ2n) is 2.74. The molecule has 1 aromatic rings. The Morgan fingerprint density at radius 2 is 2.20 bits per heavy atom. The summed E-state index contributed by atoms with van der Waals surface area (Å²) in [7, 11) is 1.19. The Hall–Kier alpha value is -2.11. The standard InChI is InChI=1S/C9H9NO5/c1-15-7(11)5-10-4-2-3-6(8(10)12)9(13)14/h2-4H,5H2,1H3,(H,13,14). The highest BCUT2D eigenvalue weighted by Gasteiger charge is 2.11. The molecule has 0 aliphatic carbocycles. The molecule has 1 N–H and O–H groups in total. The van der Waals surface area contributed by atoms with E-state index in [-0.39, 0.29) is 12.1 Å². The Balaban J connectivity index is 3.11. The molecule has 0 radical (unpaired) electrons. The zero-order valence-corrected chi connectivity index (χ0v) is 7.97. The summed E-state index contributed by atoms with van der Waals surface area (Å²) in [6.45, 7) is -0.295. The summed E-state index contributed by atoms with van der Waals surface area (Å²) in [6.07, 6.45) is 1.33. The number of carbonyl (C=O) groups is 2.